The van der Waals surface area contributed by atoms with E-state index < -0.39 is 0 Å². The van der Waals surface area contributed by atoms with Crippen molar-refractivity contribution in [3.63, 3.8) is 0 Å². The Hall–Kier alpha value is -2.97. The molecule has 9 nitrogen and oxygen atoms in total. The van der Waals surface area contributed by atoms with Crippen LogP contribution in [-0.4, -0.2) is 49.4 Å². The summed E-state index contributed by atoms with van der Waals surface area (Å²) in [7, 11) is 3.48. The van der Waals surface area contributed by atoms with Gasteiger partial charge < -0.3 is 10.2 Å². The molecule has 1 aliphatic rings. The van der Waals surface area contributed by atoms with E-state index >= 15 is 0 Å². The number of hydrogen-bond acceptors (Lipinski definition) is 6. The predicted octanol–water partition coefficient (Wildman–Crippen LogP) is 0.317. The van der Waals surface area contributed by atoms with Crippen LogP contribution in [0.3, 0.4) is 0 Å². The number of nitrogens with zero attached hydrogens (tertiary/aromatic N) is 6. The summed E-state index contributed by atoms with van der Waals surface area (Å²) in [6, 6.07) is 0. The molecule has 4 rings (SSSR count). The maximum Gasteiger partial charge on any atom is 0.271 e. The van der Waals surface area contributed by atoms with Gasteiger partial charge in [0.2, 0.25) is 0 Å². The lowest BCUT2D eigenvalue weighted by Gasteiger charge is -2.28. The van der Waals surface area contributed by atoms with Crippen molar-refractivity contribution in [3.8, 4) is 0 Å². The summed E-state index contributed by atoms with van der Waals surface area (Å²) in [5.74, 6) is 1.37. The van der Waals surface area contributed by atoms with Crippen LogP contribution < -0.4 is 10.2 Å². The molecule has 0 bridgehead atoms. The summed E-state index contributed by atoms with van der Waals surface area (Å²) in [4.78, 5) is 23.2. The fourth-order valence-electron chi connectivity index (χ4n) is 3.14. The molecule has 9 heteroatoms. The van der Waals surface area contributed by atoms with Crippen LogP contribution in [0.5, 0.6) is 0 Å². The lowest BCUT2D eigenvalue weighted by Crippen LogP contribution is -2.32. The Morgan fingerprint density at radius 3 is 3.00 bits per heavy atom. The predicted molar refractivity (Wildman–Crippen MR) is 87.8 cm³/mol. The van der Waals surface area contributed by atoms with Crippen LogP contribution in [0.15, 0.2) is 6.20 Å². The molecule has 0 spiro atoms. The number of carbonyl (C=O) groups excluding carboxylic acids is 1. The fourth-order valence-corrected chi connectivity index (χ4v) is 3.14. The number of rotatable bonds is 2. The number of aryl methyl sites for hydroxylation is 2. The second-order valence-corrected chi connectivity index (χ2v) is 5.88. The monoisotopic (exact) mass is 326 g/mol. The van der Waals surface area contributed by atoms with E-state index in [2.05, 4.69) is 35.5 Å². The second kappa shape index (κ2) is 5.29. The van der Waals surface area contributed by atoms with Gasteiger partial charge in [0.05, 0.1) is 11.6 Å². The van der Waals surface area contributed by atoms with E-state index in [-0.39, 0.29) is 5.91 Å². The molecule has 1 amide bonds. The average molecular weight is 326 g/mol. The Bertz CT molecular complexity index is 940. The number of carbonyl (C=O) groups is 1. The van der Waals surface area contributed by atoms with Crippen LogP contribution in [0.25, 0.3) is 11.0 Å². The van der Waals surface area contributed by atoms with Gasteiger partial charge in [0.1, 0.15) is 11.6 Å². The highest BCUT2D eigenvalue weighted by Crippen LogP contribution is 2.29. The summed E-state index contributed by atoms with van der Waals surface area (Å²) < 4.78 is 1.75. The molecule has 0 aliphatic carbocycles. The van der Waals surface area contributed by atoms with Crippen LogP contribution in [0.4, 0.5) is 5.82 Å². The number of fused-ring (bicyclic) bond motifs is 2. The van der Waals surface area contributed by atoms with E-state index in [4.69, 9.17) is 0 Å². The molecule has 0 atom stereocenters. The van der Waals surface area contributed by atoms with Crippen LogP contribution in [0.2, 0.25) is 0 Å². The Morgan fingerprint density at radius 2 is 2.21 bits per heavy atom. The minimum Gasteiger partial charge on any atom is -0.354 e. The second-order valence-electron chi connectivity index (χ2n) is 5.88. The minimum atomic E-state index is -0.181. The first-order chi connectivity index (χ1) is 11.6. The molecular formula is C15H18N8O. The van der Waals surface area contributed by atoms with E-state index in [0.29, 0.717) is 18.1 Å². The quantitative estimate of drug-likeness (QED) is 0.702. The molecule has 1 aliphatic heterocycles. The Labute approximate surface area is 138 Å². The summed E-state index contributed by atoms with van der Waals surface area (Å²) in [6.45, 7) is 3.25. The van der Waals surface area contributed by atoms with Crippen molar-refractivity contribution < 1.29 is 4.79 Å². The normalized spacial score (nSPS) is 14.0. The van der Waals surface area contributed by atoms with Gasteiger partial charge in [-0.3, -0.25) is 14.6 Å². The zero-order valence-corrected chi connectivity index (χ0v) is 13.8. The van der Waals surface area contributed by atoms with E-state index in [1.807, 2.05) is 14.0 Å². The van der Waals surface area contributed by atoms with Gasteiger partial charge in [0, 0.05) is 44.9 Å². The largest absolute Gasteiger partial charge is 0.354 e. The van der Waals surface area contributed by atoms with Gasteiger partial charge >= 0.3 is 0 Å². The van der Waals surface area contributed by atoms with Gasteiger partial charge in [-0.15, -0.1) is 0 Å². The Morgan fingerprint density at radius 1 is 1.38 bits per heavy atom. The van der Waals surface area contributed by atoms with Crippen molar-refractivity contribution >= 4 is 22.8 Å². The highest BCUT2D eigenvalue weighted by atomic mass is 16.1. The summed E-state index contributed by atoms with van der Waals surface area (Å²) >= 11 is 0. The molecule has 0 fully saturated rings. The number of aromatic amines is 1. The molecule has 4 heterocycles. The first-order valence-corrected chi connectivity index (χ1v) is 7.78. The highest BCUT2D eigenvalue weighted by molar-refractivity contribution is 5.94. The van der Waals surface area contributed by atoms with Gasteiger partial charge in [-0.25, -0.2) is 9.97 Å². The van der Waals surface area contributed by atoms with E-state index in [0.717, 1.165) is 41.1 Å². The van der Waals surface area contributed by atoms with E-state index in [9.17, 15) is 4.79 Å². The number of nitrogens with one attached hydrogen (secondary N) is 2. The van der Waals surface area contributed by atoms with Crippen molar-refractivity contribution in [1.82, 2.24) is 35.3 Å². The van der Waals surface area contributed by atoms with Crippen LogP contribution in [0.1, 0.15) is 27.6 Å². The van der Waals surface area contributed by atoms with Crippen molar-refractivity contribution in [1.29, 1.82) is 0 Å². The standard InChI is InChI=1S/C15H18N8O/c1-8-18-13-9(6-17-22(13)3)14(19-8)23-5-4-11-10(7-23)12(21-20-11)15(24)16-2/h6H,4-5,7H2,1-3H3,(H,16,24)(H,20,21). The molecule has 0 aromatic carbocycles. The van der Waals surface area contributed by atoms with Crippen LogP contribution in [-0.2, 0) is 20.0 Å². The molecular weight excluding hydrogens is 308 g/mol. The summed E-state index contributed by atoms with van der Waals surface area (Å²) in [5.41, 5.74) is 3.19. The summed E-state index contributed by atoms with van der Waals surface area (Å²) in [5, 5.41) is 15.0. The van der Waals surface area contributed by atoms with Gasteiger partial charge in [-0.2, -0.15) is 10.2 Å². The maximum atomic E-state index is 12.0. The molecule has 124 valence electrons. The van der Waals surface area contributed by atoms with Crippen molar-refractivity contribution in [2.45, 2.75) is 19.9 Å². The van der Waals surface area contributed by atoms with Crippen LogP contribution in [0, 0.1) is 6.92 Å². The molecule has 24 heavy (non-hydrogen) atoms. The Kier molecular flexibility index (Phi) is 3.22. The number of anilines is 1. The zero-order chi connectivity index (χ0) is 16.8. The molecule has 0 unspecified atom stereocenters. The summed E-state index contributed by atoms with van der Waals surface area (Å²) in [6.07, 6.45) is 2.57. The van der Waals surface area contributed by atoms with Crippen molar-refractivity contribution in [3.05, 3.63) is 29.0 Å². The topological polar surface area (TPSA) is 105 Å². The third-order valence-electron chi connectivity index (χ3n) is 4.36. The molecule has 3 aromatic rings. The molecule has 0 saturated heterocycles. The highest BCUT2D eigenvalue weighted by Gasteiger charge is 2.27. The van der Waals surface area contributed by atoms with Crippen molar-refractivity contribution in [2.75, 3.05) is 18.5 Å². The van der Waals surface area contributed by atoms with Gasteiger partial charge in [-0.1, -0.05) is 0 Å². The van der Waals surface area contributed by atoms with Gasteiger partial charge in [0.15, 0.2) is 11.3 Å². The smallest absolute Gasteiger partial charge is 0.271 e. The first kappa shape index (κ1) is 14.6. The molecule has 0 saturated carbocycles. The minimum absolute atomic E-state index is 0.181. The first-order valence-electron chi connectivity index (χ1n) is 7.78. The third-order valence-corrected chi connectivity index (χ3v) is 4.36. The van der Waals surface area contributed by atoms with E-state index in [1.165, 1.54) is 0 Å². The average Bonchev–Trinajstić information content (AvgIpc) is 3.17. The van der Waals surface area contributed by atoms with E-state index in [1.54, 1.807) is 17.9 Å². The number of aromatic nitrogens is 6. The zero-order valence-electron chi connectivity index (χ0n) is 13.8. The number of hydrogen-bond donors (Lipinski definition) is 2. The fraction of sp³-hybridized carbons (Fsp3) is 0.400. The third kappa shape index (κ3) is 2.12. The van der Waals surface area contributed by atoms with Gasteiger partial charge in [-0.05, 0) is 6.92 Å². The molecule has 0 radical (unpaired) electrons. The lowest BCUT2D eigenvalue weighted by atomic mass is 10.0. The lowest BCUT2D eigenvalue weighted by molar-refractivity contribution is 0.0957. The maximum absolute atomic E-state index is 12.0. The molecule has 3 aromatic heterocycles. The van der Waals surface area contributed by atoms with Crippen molar-refractivity contribution in [2.24, 2.45) is 7.05 Å². The van der Waals surface area contributed by atoms with Crippen LogP contribution >= 0.6 is 0 Å². The molecule has 2 N–H and O–H groups in total. The number of amides is 1. The van der Waals surface area contributed by atoms with Gasteiger partial charge in [0.25, 0.3) is 5.91 Å². The number of H-pyrrole nitrogens is 1. The SMILES string of the molecule is CNC(=O)c1n[nH]c2c1CN(c1nc(C)nc3c1cnn3C)CC2. The Balaban J connectivity index is 1.78.